The highest BCUT2D eigenvalue weighted by Crippen LogP contribution is 2.40. The predicted octanol–water partition coefficient (Wildman–Crippen LogP) is 2.22. The van der Waals surface area contributed by atoms with Gasteiger partial charge in [0.1, 0.15) is 0 Å². The van der Waals surface area contributed by atoms with Crippen LogP contribution in [0.4, 0.5) is 0 Å². The van der Waals surface area contributed by atoms with Gasteiger partial charge in [-0.2, -0.15) is 0 Å². The molecule has 0 aromatic rings. The first-order valence-corrected chi connectivity index (χ1v) is 9.63. The van der Waals surface area contributed by atoms with E-state index in [1.54, 1.807) is 0 Å². The number of amides is 1. The Morgan fingerprint density at radius 1 is 1.04 bits per heavy atom. The lowest BCUT2D eigenvalue weighted by molar-refractivity contribution is -0.138. The molecule has 4 fully saturated rings. The summed E-state index contributed by atoms with van der Waals surface area (Å²) < 4.78 is 5.54. The van der Waals surface area contributed by atoms with Crippen molar-refractivity contribution in [3.8, 4) is 0 Å². The van der Waals surface area contributed by atoms with E-state index in [4.69, 9.17) is 4.74 Å². The third-order valence-electron chi connectivity index (χ3n) is 6.64. The van der Waals surface area contributed by atoms with Gasteiger partial charge in [0.15, 0.2) is 0 Å². The second-order valence-corrected chi connectivity index (χ2v) is 7.89. The van der Waals surface area contributed by atoms with Crippen molar-refractivity contribution in [2.45, 2.75) is 69.0 Å². The fraction of sp³-hybridized carbons (Fsp3) is 0.944. The number of morpholine rings is 1. The molecule has 1 aliphatic carbocycles. The Morgan fingerprint density at radius 3 is 2.44 bits per heavy atom. The third-order valence-corrected chi connectivity index (χ3v) is 6.64. The van der Waals surface area contributed by atoms with E-state index in [0.29, 0.717) is 18.0 Å². The Labute approximate surface area is 164 Å². The summed E-state index contributed by atoms with van der Waals surface area (Å²) in [6, 6.07) is 0.934. The number of hydrogen-bond donors (Lipinski definition) is 1. The summed E-state index contributed by atoms with van der Waals surface area (Å²) in [5.74, 6) is 0.426. The van der Waals surface area contributed by atoms with E-state index in [2.05, 4.69) is 15.1 Å². The largest absolute Gasteiger partial charge is 0.379 e. The second kappa shape index (κ2) is 9.23. The van der Waals surface area contributed by atoms with Crippen LogP contribution in [0.15, 0.2) is 0 Å². The zero-order valence-corrected chi connectivity index (χ0v) is 16.7. The highest BCUT2D eigenvalue weighted by Gasteiger charge is 2.45. The van der Waals surface area contributed by atoms with Gasteiger partial charge in [0.25, 0.3) is 0 Å². The van der Waals surface area contributed by atoms with Gasteiger partial charge in [0, 0.05) is 43.7 Å². The summed E-state index contributed by atoms with van der Waals surface area (Å²) in [4.78, 5) is 18.1. The smallest absolute Gasteiger partial charge is 0.224 e. The normalized spacial score (nSPS) is 31.8. The zero-order chi connectivity index (χ0) is 15.7. The molecule has 0 aromatic carbocycles. The van der Waals surface area contributed by atoms with Crippen molar-refractivity contribution in [2.24, 2.45) is 0 Å². The Balaban J connectivity index is 0.00000113. The zero-order valence-electron chi connectivity index (χ0n) is 15.1. The molecule has 0 spiro atoms. The van der Waals surface area contributed by atoms with Crippen LogP contribution in [-0.4, -0.2) is 72.7 Å². The Morgan fingerprint density at radius 2 is 1.72 bits per heavy atom. The summed E-state index contributed by atoms with van der Waals surface area (Å²) in [6.45, 7) is 5.72. The van der Waals surface area contributed by atoms with Gasteiger partial charge >= 0.3 is 0 Å². The van der Waals surface area contributed by atoms with Gasteiger partial charge in [-0.15, -0.1) is 24.8 Å². The van der Waals surface area contributed by atoms with Crippen molar-refractivity contribution in [1.82, 2.24) is 15.1 Å². The molecule has 3 aliphatic heterocycles. The molecule has 1 N–H and O–H groups in total. The van der Waals surface area contributed by atoms with Gasteiger partial charge in [-0.3, -0.25) is 9.69 Å². The second-order valence-electron chi connectivity index (χ2n) is 7.89. The highest BCUT2D eigenvalue weighted by molar-refractivity contribution is 5.85. The molecular weight excluding hydrogens is 361 g/mol. The maximum atomic E-state index is 13.3. The molecule has 25 heavy (non-hydrogen) atoms. The molecule has 1 saturated carbocycles. The van der Waals surface area contributed by atoms with Crippen LogP contribution in [0, 0.1) is 0 Å². The number of nitrogens with one attached hydrogen (secondary N) is 1. The number of carbonyl (C=O) groups excluding carboxylic acids is 1. The molecular formula is C18H33Cl2N3O2. The van der Waals surface area contributed by atoms with Gasteiger partial charge in [0.2, 0.25) is 5.91 Å². The van der Waals surface area contributed by atoms with Crippen LogP contribution in [0.25, 0.3) is 0 Å². The molecule has 0 aromatic heterocycles. The lowest BCUT2D eigenvalue weighted by Crippen LogP contribution is -2.55. The van der Waals surface area contributed by atoms with Gasteiger partial charge in [-0.1, -0.05) is 12.8 Å². The van der Waals surface area contributed by atoms with E-state index in [9.17, 15) is 4.79 Å². The van der Waals surface area contributed by atoms with Gasteiger partial charge < -0.3 is 15.0 Å². The predicted molar refractivity (Wildman–Crippen MR) is 104 cm³/mol. The van der Waals surface area contributed by atoms with Crippen LogP contribution in [0.3, 0.4) is 0 Å². The molecule has 7 heteroatoms. The van der Waals surface area contributed by atoms with E-state index >= 15 is 0 Å². The van der Waals surface area contributed by atoms with Gasteiger partial charge in [-0.25, -0.2) is 0 Å². The van der Waals surface area contributed by atoms with Crippen molar-refractivity contribution < 1.29 is 9.53 Å². The fourth-order valence-electron chi connectivity index (χ4n) is 5.44. The molecule has 4 aliphatic rings. The van der Waals surface area contributed by atoms with E-state index in [1.165, 1.54) is 38.5 Å². The minimum absolute atomic E-state index is 0. The van der Waals surface area contributed by atoms with Crippen molar-refractivity contribution in [3.05, 3.63) is 0 Å². The third kappa shape index (κ3) is 4.27. The van der Waals surface area contributed by atoms with Crippen molar-refractivity contribution in [2.75, 3.05) is 39.4 Å². The van der Waals surface area contributed by atoms with E-state index in [0.717, 1.165) is 52.2 Å². The highest BCUT2D eigenvalue weighted by atomic mass is 35.5. The number of carbonyl (C=O) groups is 1. The Hall–Kier alpha value is -0.0700. The number of hydrogen-bond acceptors (Lipinski definition) is 4. The molecule has 2 unspecified atom stereocenters. The number of ether oxygens (including phenoxy) is 1. The molecule has 3 heterocycles. The topological polar surface area (TPSA) is 44.8 Å². The average Bonchev–Trinajstić information content (AvgIpc) is 3.12. The molecule has 146 valence electrons. The lowest BCUT2D eigenvalue weighted by atomic mass is 9.89. The quantitative estimate of drug-likeness (QED) is 0.798. The minimum atomic E-state index is 0. The van der Waals surface area contributed by atoms with Gasteiger partial charge in [0.05, 0.1) is 13.2 Å². The van der Waals surface area contributed by atoms with Crippen LogP contribution in [0.2, 0.25) is 0 Å². The summed E-state index contributed by atoms with van der Waals surface area (Å²) in [5.41, 5.74) is 0.125. The van der Waals surface area contributed by atoms with Crippen LogP contribution >= 0.6 is 24.8 Å². The number of rotatable bonds is 3. The molecule has 5 nitrogen and oxygen atoms in total. The van der Waals surface area contributed by atoms with Crippen LogP contribution in [0.1, 0.15) is 51.4 Å². The van der Waals surface area contributed by atoms with Gasteiger partial charge in [-0.05, 0) is 38.6 Å². The first-order chi connectivity index (χ1) is 11.3. The molecule has 4 rings (SSSR count). The van der Waals surface area contributed by atoms with Crippen LogP contribution < -0.4 is 5.32 Å². The Kier molecular flexibility index (Phi) is 7.84. The first kappa shape index (κ1) is 21.2. The molecule has 0 radical (unpaired) electrons. The van der Waals surface area contributed by atoms with Crippen LogP contribution in [-0.2, 0) is 9.53 Å². The van der Waals surface area contributed by atoms with Crippen molar-refractivity contribution in [3.63, 3.8) is 0 Å². The Bertz CT molecular complexity index is 426. The fourth-order valence-corrected chi connectivity index (χ4v) is 5.44. The average molecular weight is 394 g/mol. The van der Waals surface area contributed by atoms with Crippen molar-refractivity contribution in [1.29, 1.82) is 0 Å². The summed E-state index contributed by atoms with van der Waals surface area (Å²) in [6.07, 6.45) is 9.21. The molecule has 1 amide bonds. The van der Waals surface area contributed by atoms with E-state index in [1.807, 2.05) is 0 Å². The summed E-state index contributed by atoms with van der Waals surface area (Å²) >= 11 is 0. The maximum Gasteiger partial charge on any atom is 0.224 e. The summed E-state index contributed by atoms with van der Waals surface area (Å²) in [5, 5.41) is 3.51. The SMILES string of the molecule is Cl.Cl.O=C(CC1(N2CCOCC2)CCCC1)N1C2CCNCC1CC2. The molecule has 3 saturated heterocycles. The maximum absolute atomic E-state index is 13.3. The number of fused-ring (bicyclic) bond motifs is 2. The monoisotopic (exact) mass is 393 g/mol. The number of halogens is 2. The standard InChI is InChI=1S/C18H31N3O2.2ClH/c22-17(21-15-3-4-16(21)14-19-8-5-15)13-18(6-1-2-7-18)20-9-11-23-12-10-20;;/h15-16,19H,1-14H2;2*1H. The molecule has 2 atom stereocenters. The summed E-state index contributed by atoms with van der Waals surface area (Å²) in [7, 11) is 0. The molecule has 2 bridgehead atoms. The minimum Gasteiger partial charge on any atom is -0.379 e. The van der Waals surface area contributed by atoms with Crippen molar-refractivity contribution >= 4 is 30.7 Å². The lowest BCUT2D eigenvalue weighted by Gasteiger charge is -2.44. The first-order valence-electron chi connectivity index (χ1n) is 9.63. The van der Waals surface area contributed by atoms with E-state index in [-0.39, 0.29) is 30.4 Å². The van der Waals surface area contributed by atoms with Crippen LogP contribution in [0.5, 0.6) is 0 Å². The van der Waals surface area contributed by atoms with E-state index < -0.39 is 0 Å². The number of nitrogens with zero attached hydrogens (tertiary/aromatic N) is 2.